The lowest BCUT2D eigenvalue weighted by atomic mass is 9.75. The van der Waals surface area contributed by atoms with Gasteiger partial charge < -0.3 is 20.5 Å². The highest BCUT2D eigenvalue weighted by atomic mass is 19.4. The van der Waals surface area contributed by atoms with Crippen LogP contribution in [0, 0.1) is 24.7 Å². The molecule has 2 saturated heterocycles. The summed E-state index contributed by atoms with van der Waals surface area (Å²) < 4.78 is 47.6. The summed E-state index contributed by atoms with van der Waals surface area (Å²) in [5.74, 6) is -3.45. The van der Waals surface area contributed by atoms with E-state index in [9.17, 15) is 27.9 Å². The van der Waals surface area contributed by atoms with Gasteiger partial charge in [-0.3, -0.25) is 4.79 Å². The molecule has 1 aromatic heterocycles. The number of fused-ring (bicyclic) bond motifs is 2. The Balaban J connectivity index is 1.31. The average molecular weight is 537 g/mol. The van der Waals surface area contributed by atoms with Gasteiger partial charge >= 0.3 is 12.1 Å². The summed E-state index contributed by atoms with van der Waals surface area (Å²) in [6, 6.07) is 1.55. The minimum absolute atomic E-state index is 0.0348. The van der Waals surface area contributed by atoms with E-state index in [0.717, 1.165) is 25.7 Å². The first-order chi connectivity index (χ1) is 18.0. The average Bonchev–Trinajstić information content (AvgIpc) is 3.68. The quantitative estimate of drug-likeness (QED) is 0.464. The molecule has 1 aromatic rings. The van der Waals surface area contributed by atoms with E-state index in [1.807, 2.05) is 0 Å². The molecule has 0 aromatic carbocycles. The molecule has 2 aliphatic carbocycles. The number of hydrogen-bond donors (Lipinski definition) is 2. The van der Waals surface area contributed by atoms with E-state index < -0.39 is 24.0 Å². The number of piperidine rings is 1. The fourth-order valence-electron chi connectivity index (χ4n) is 6.58. The molecule has 0 amide bonds. The van der Waals surface area contributed by atoms with Gasteiger partial charge in [0, 0.05) is 40.9 Å². The van der Waals surface area contributed by atoms with E-state index in [1.165, 1.54) is 6.07 Å². The topological polar surface area (TPSA) is 119 Å². The Hall–Kier alpha value is -2.69. The Kier molecular flexibility index (Phi) is 7.41. The Morgan fingerprint density at radius 1 is 1.08 bits per heavy atom. The second-order valence-corrected chi connectivity index (χ2v) is 11.3. The highest BCUT2D eigenvalue weighted by molar-refractivity contribution is 5.99. The van der Waals surface area contributed by atoms with E-state index in [-0.39, 0.29) is 59.9 Å². The van der Waals surface area contributed by atoms with Crippen LogP contribution in [0.5, 0.6) is 0 Å². The third-order valence-electron chi connectivity index (χ3n) is 8.63. The van der Waals surface area contributed by atoms with Gasteiger partial charge in [-0.05, 0) is 64.4 Å². The standard InChI is InChI=1S/C27H35F3N4O4/c1-14-10-22(25(36)37)33-26(32-14)34-16-8-9-17(34)12-18(11-16)38-13-20(24(35)15-6-7-15)23(31)19-4-2-3-5-21(19)27(28,29)30/h10,15-19,21H,2-9,11-13,31H2,1H3,(H,36,37)/t16-,17?,18?,19?,21?/m0/s1. The number of aromatic carboxylic acids is 1. The summed E-state index contributed by atoms with van der Waals surface area (Å²) in [4.78, 5) is 35.5. The molecule has 5 atom stereocenters. The number of alkyl halides is 3. The van der Waals surface area contributed by atoms with Crippen molar-refractivity contribution in [3.05, 3.63) is 28.7 Å². The van der Waals surface area contributed by atoms with Crippen molar-refractivity contribution in [1.29, 1.82) is 0 Å². The number of ketones is 1. The van der Waals surface area contributed by atoms with Crippen LogP contribution in [0.25, 0.3) is 0 Å². The van der Waals surface area contributed by atoms with Gasteiger partial charge in [-0.1, -0.05) is 12.8 Å². The lowest BCUT2D eigenvalue weighted by Crippen LogP contribution is -2.47. The molecule has 3 heterocycles. The highest BCUT2D eigenvalue weighted by Crippen LogP contribution is 2.45. The Morgan fingerprint density at radius 3 is 2.34 bits per heavy atom. The number of carbonyl (C=O) groups is 2. The van der Waals surface area contributed by atoms with Crippen LogP contribution >= 0.6 is 0 Å². The maximum Gasteiger partial charge on any atom is 0.392 e. The molecular formula is C27H35F3N4O4. The zero-order valence-corrected chi connectivity index (χ0v) is 21.5. The molecule has 2 saturated carbocycles. The van der Waals surface area contributed by atoms with E-state index >= 15 is 0 Å². The van der Waals surface area contributed by atoms with Gasteiger partial charge in [-0.25, -0.2) is 14.8 Å². The van der Waals surface area contributed by atoms with Crippen LogP contribution in [0.1, 0.15) is 80.4 Å². The van der Waals surface area contributed by atoms with E-state index in [4.69, 9.17) is 10.5 Å². The second kappa shape index (κ2) is 10.5. The van der Waals surface area contributed by atoms with E-state index in [0.29, 0.717) is 43.7 Å². The molecule has 4 aliphatic rings. The van der Waals surface area contributed by atoms with Crippen LogP contribution in [0.3, 0.4) is 0 Å². The molecule has 2 bridgehead atoms. The van der Waals surface area contributed by atoms with Crippen LogP contribution in [0.4, 0.5) is 19.1 Å². The molecule has 3 N–H and O–H groups in total. The minimum Gasteiger partial charge on any atom is -0.477 e. The molecular weight excluding hydrogens is 501 g/mol. The summed E-state index contributed by atoms with van der Waals surface area (Å²) in [5, 5.41) is 9.40. The van der Waals surface area contributed by atoms with Gasteiger partial charge in [0.25, 0.3) is 0 Å². The maximum atomic E-state index is 13.8. The fraction of sp³-hybridized carbons (Fsp3) is 0.704. The number of hydrogen-bond acceptors (Lipinski definition) is 7. The van der Waals surface area contributed by atoms with Gasteiger partial charge in [-0.2, -0.15) is 13.2 Å². The van der Waals surface area contributed by atoms with Crippen molar-refractivity contribution in [3.8, 4) is 0 Å². The van der Waals surface area contributed by atoms with Crippen LogP contribution in [0.15, 0.2) is 17.3 Å². The molecule has 11 heteroatoms. The number of halogens is 3. The lowest BCUT2D eigenvalue weighted by Gasteiger charge is -2.39. The number of anilines is 1. The number of Topliss-reactive ketones (excluding diaryl/α,β-unsaturated/α-hetero) is 1. The van der Waals surface area contributed by atoms with Crippen molar-refractivity contribution in [3.63, 3.8) is 0 Å². The Labute approximate surface area is 219 Å². The van der Waals surface area contributed by atoms with Gasteiger partial charge in [0.1, 0.15) is 0 Å². The number of aryl methyl sites for hydroxylation is 1. The van der Waals surface area contributed by atoms with Gasteiger partial charge in [0.15, 0.2) is 11.5 Å². The van der Waals surface area contributed by atoms with Crippen molar-refractivity contribution in [2.24, 2.45) is 23.5 Å². The van der Waals surface area contributed by atoms with Crippen LogP contribution in [0.2, 0.25) is 0 Å². The van der Waals surface area contributed by atoms with Crippen molar-refractivity contribution < 1.29 is 32.6 Å². The number of carboxylic acid groups (broad SMARTS) is 1. The van der Waals surface area contributed by atoms with Crippen molar-refractivity contribution in [1.82, 2.24) is 9.97 Å². The molecule has 0 radical (unpaired) electrons. The van der Waals surface area contributed by atoms with Crippen molar-refractivity contribution in [2.45, 2.75) is 95.5 Å². The summed E-state index contributed by atoms with van der Waals surface area (Å²) in [6.45, 7) is 1.66. The smallest absolute Gasteiger partial charge is 0.392 e. The molecule has 8 nitrogen and oxygen atoms in total. The van der Waals surface area contributed by atoms with E-state index in [1.54, 1.807) is 6.92 Å². The SMILES string of the molecule is Cc1cc(C(=O)O)nc(N2C3CC[C@H]2CC(OCC(C(=O)C2CC2)=C(N)C2CCCCC2C(F)(F)F)C3)n1. The largest absolute Gasteiger partial charge is 0.477 e. The summed E-state index contributed by atoms with van der Waals surface area (Å²) >= 11 is 0. The predicted molar refractivity (Wildman–Crippen MR) is 132 cm³/mol. The predicted octanol–water partition coefficient (Wildman–Crippen LogP) is 4.56. The molecule has 4 unspecified atom stereocenters. The van der Waals surface area contributed by atoms with Gasteiger partial charge in [0.05, 0.1) is 18.6 Å². The number of nitrogens with two attached hydrogens (primary N) is 1. The first-order valence-corrected chi connectivity index (χ1v) is 13.6. The number of nitrogens with zero attached hydrogens (tertiary/aromatic N) is 3. The first-order valence-electron chi connectivity index (χ1n) is 13.6. The monoisotopic (exact) mass is 536 g/mol. The second-order valence-electron chi connectivity index (χ2n) is 11.3. The third kappa shape index (κ3) is 5.53. The zero-order chi connectivity index (χ0) is 27.2. The van der Waals surface area contributed by atoms with Crippen LogP contribution in [-0.2, 0) is 9.53 Å². The number of ether oxygens (including phenoxy) is 1. The minimum atomic E-state index is -4.35. The number of allylic oxidation sites excluding steroid dienone is 1. The number of carbonyl (C=O) groups excluding carboxylic acids is 1. The van der Waals surface area contributed by atoms with Crippen molar-refractivity contribution >= 4 is 17.7 Å². The summed E-state index contributed by atoms with van der Waals surface area (Å²) in [7, 11) is 0. The Morgan fingerprint density at radius 2 is 1.74 bits per heavy atom. The number of carboxylic acids is 1. The van der Waals surface area contributed by atoms with Crippen molar-refractivity contribution in [2.75, 3.05) is 11.5 Å². The fourth-order valence-corrected chi connectivity index (χ4v) is 6.58. The van der Waals surface area contributed by atoms with Crippen LogP contribution in [-0.4, -0.2) is 57.8 Å². The van der Waals surface area contributed by atoms with E-state index in [2.05, 4.69) is 14.9 Å². The molecule has 4 fully saturated rings. The molecule has 38 heavy (non-hydrogen) atoms. The molecule has 0 spiro atoms. The summed E-state index contributed by atoms with van der Waals surface area (Å²) in [6.07, 6.45) is 1.50. The molecule has 208 valence electrons. The number of rotatable bonds is 8. The lowest BCUT2D eigenvalue weighted by molar-refractivity contribution is -0.192. The Bertz CT molecular complexity index is 1110. The van der Waals surface area contributed by atoms with Crippen LogP contribution < -0.4 is 10.6 Å². The molecule has 2 aliphatic heterocycles. The highest BCUT2D eigenvalue weighted by Gasteiger charge is 2.48. The maximum absolute atomic E-state index is 13.8. The normalized spacial score (nSPS) is 30.2. The number of aromatic nitrogens is 2. The zero-order valence-electron chi connectivity index (χ0n) is 21.5. The third-order valence-corrected chi connectivity index (χ3v) is 8.63. The van der Waals surface area contributed by atoms with Gasteiger partial charge in [-0.15, -0.1) is 0 Å². The van der Waals surface area contributed by atoms with Gasteiger partial charge in [0.2, 0.25) is 5.95 Å². The first kappa shape index (κ1) is 26.9. The molecule has 5 rings (SSSR count). The summed E-state index contributed by atoms with van der Waals surface area (Å²) in [5.41, 5.74) is 7.22.